The van der Waals surface area contributed by atoms with Crippen LogP contribution in [0.3, 0.4) is 0 Å². The van der Waals surface area contributed by atoms with E-state index in [0.717, 1.165) is 17.7 Å². The number of carbonyl (C=O) groups is 1. The van der Waals surface area contributed by atoms with Crippen LogP contribution in [0.25, 0.3) is 10.4 Å². The van der Waals surface area contributed by atoms with Crippen molar-refractivity contribution in [1.29, 1.82) is 0 Å². The van der Waals surface area contributed by atoms with Crippen LogP contribution in [0, 0.1) is 5.92 Å². The van der Waals surface area contributed by atoms with E-state index in [9.17, 15) is 4.79 Å². The largest absolute Gasteiger partial charge is 0.348 e. The molecule has 0 unspecified atom stereocenters. The Labute approximate surface area is 135 Å². The summed E-state index contributed by atoms with van der Waals surface area (Å²) in [6.45, 7) is 3.41. The summed E-state index contributed by atoms with van der Waals surface area (Å²) in [6, 6.07) is 12.4. The van der Waals surface area contributed by atoms with Crippen molar-refractivity contribution >= 4 is 17.2 Å². The SMILES string of the molecule is O=C(N[C@H]1CN2CCC1CC2)c1cccc(-c2cccs2)c1. The fraction of sp³-hybridized carbons (Fsp3) is 0.389. The van der Waals surface area contributed by atoms with Crippen LogP contribution < -0.4 is 5.32 Å². The van der Waals surface area contributed by atoms with Gasteiger partial charge in [-0.3, -0.25) is 4.79 Å². The van der Waals surface area contributed by atoms with E-state index >= 15 is 0 Å². The molecule has 3 nitrogen and oxygen atoms in total. The lowest BCUT2D eigenvalue weighted by molar-refractivity contribution is 0.0620. The molecular formula is C18H20N2OS. The summed E-state index contributed by atoms with van der Waals surface area (Å²) >= 11 is 1.70. The lowest BCUT2D eigenvalue weighted by Crippen LogP contribution is -2.57. The molecule has 1 amide bonds. The maximum absolute atomic E-state index is 12.6. The number of amides is 1. The molecule has 3 aliphatic rings. The Hall–Kier alpha value is -1.65. The average Bonchev–Trinajstić information content (AvgIpc) is 3.11. The summed E-state index contributed by atoms with van der Waals surface area (Å²) in [4.78, 5) is 16.3. The molecule has 5 rings (SSSR count). The monoisotopic (exact) mass is 312 g/mol. The first-order valence-corrected chi connectivity index (χ1v) is 8.85. The Morgan fingerprint density at radius 1 is 1.18 bits per heavy atom. The molecule has 1 N–H and O–H groups in total. The van der Waals surface area contributed by atoms with Crippen LogP contribution in [0.2, 0.25) is 0 Å². The molecule has 4 heterocycles. The molecule has 0 saturated carbocycles. The Balaban J connectivity index is 1.50. The molecule has 0 radical (unpaired) electrons. The van der Waals surface area contributed by atoms with Crippen LogP contribution in [0.1, 0.15) is 23.2 Å². The van der Waals surface area contributed by atoms with Crippen molar-refractivity contribution < 1.29 is 4.79 Å². The van der Waals surface area contributed by atoms with Crippen LogP contribution in [0.5, 0.6) is 0 Å². The van der Waals surface area contributed by atoms with Gasteiger partial charge in [0.2, 0.25) is 0 Å². The summed E-state index contributed by atoms with van der Waals surface area (Å²) in [5.74, 6) is 0.728. The molecule has 3 saturated heterocycles. The maximum atomic E-state index is 12.6. The van der Waals surface area contributed by atoms with E-state index in [4.69, 9.17) is 0 Å². The molecule has 2 bridgehead atoms. The third kappa shape index (κ3) is 2.69. The first-order chi connectivity index (χ1) is 10.8. The zero-order valence-corrected chi connectivity index (χ0v) is 13.3. The van der Waals surface area contributed by atoms with Gasteiger partial charge in [-0.15, -0.1) is 11.3 Å². The highest BCUT2D eigenvalue weighted by atomic mass is 32.1. The van der Waals surface area contributed by atoms with E-state index in [2.05, 4.69) is 27.7 Å². The van der Waals surface area contributed by atoms with Crippen LogP contribution in [-0.4, -0.2) is 36.5 Å². The van der Waals surface area contributed by atoms with Gasteiger partial charge in [0.25, 0.3) is 5.91 Å². The third-order valence-electron chi connectivity index (χ3n) is 4.90. The Morgan fingerprint density at radius 3 is 2.73 bits per heavy atom. The number of hydrogen-bond acceptors (Lipinski definition) is 3. The number of benzene rings is 1. The van der Waals surface area contributed by atoms with Crippen molar-refractivity contribution in [2.45, 2.75) is 18.9 Å². The predicted molar refractivity (Wildman–Crippen MR) is 90.2 cm³/mol. The average molecular weight is 312 g/mol. The molecule has 3 fully saturated rings. The first kappa shape index (κ1) is 14.0. The van der Waals surface area contributed by atoms with Crippen molar-refractivity contribution in [2.24, 2.45) is 5.92 Å². The molecule has 3 aliphatic heterocycles. The first-order valence-electron chi connectivity index (χ1n) is 7.97. The van der Waals surface area contributed by atoms with Gasteiger partial charge in [-0.25, -0.2) is 0 Å². The number of hydrogen-bond donors (Lipinski definition) is 1. The third-order valence-corrected chi connectivity index (χ3v) is 5.82. The van der Waals surface area contributed by atoms with E-state index in [-0.39, 0.29) is 5.91 Å². The van der Waals surface area contributed by atoms with Crippen molar-refractivity contribution in [3.63, 3.8) is 0 Å². The van der Waals surface area contributed by atoms with Crippen LogP contribution in [-0.2, 0) is 0 Å². The second-order valence-corrected chi connectivity index (χ2v) is 7.22. The highest BCUT2D eigenvalue weighted by molar-refractivity contribution is 7.13. The number of fused-ring (bicyclic) bond motifs is 3. The Morgan fingerprint density at radius 2 is 2.05 bits per heavy atom. The molecule has 2 aromatic rings. The zero-order chi connectivity index (χ0) is 14.9. The smallest absolute Gasteiger partial charge is 0.251 e. The molecule has 1 aromatic carbocycles. The van der Waals surface area contributed by atoms with Crippen molar-refractivity contribution in [3.05, 3.63) is 47.3 Å². The minimum atomic E-state index is 0.0668. The van der Waals surface area contributed by atoms with Crippen molar-refractivity contribution in [3.8, 4) is 10.4 Å². The van der Waals surface area contributed by atoms with Gasteiger partial charge < -0.3 is 10.2 Å². The fourth-order valence-electron chi connectivity index (χ4n) is 3.64. The van der Waals surface area contributed by atoms with Gasteiger partial charge in [-0.1, -0.05) is 18.2 Å². The van der Waals surface area contributed by atoms with Gasteiger partial charge in [-0.2, -0.15) is 0 Å². The molecule has 1 atom stereocenters. The molecule has 22 heavy (non-hydrogen) atoms. The molecule has 0 aliphatic carbocycles. The highest BCUT2D eigenvalue weighted by Crippen LogP contribution is 2.28. The summed E-state index contributed by atoms with van der Waals surface area (Å²) in [5, 5.41) is 5.33. The fourth-order valence-corrected chi connectivity index (χ4v) is 4.36. The van der Waals surface area contributed by atoms with E-state index in [0.29, 0.717) is 12.0 Å². The standard InChI is InChI=1S/C18H20N2OS/c21-18(19-16-12-20-8-6-13(16)7-9-20)15-4-1-3-14(11-15)17-5-2-10-22-17/h1-5,10-11,13,16H,6-9,12H2,(H,19,21)/t16-/m0/s1. The predicted octanol–water partition coefficient (Wildman–Crippen LogP) is 3.24. The van der Waals surface area contributed by atoms with Gasteiger partial charge in [0, 0.05) is 23.0 Å². The second-order valence-electron chi connectivity index (χ2n) is 6.28. The van der Waals surface area contributed by atoms with E-state index in [1.54, 1.807) is 11.3 Å². The minimum Gasteiger partial charge on any atom is -0.348 e. The van der Waals surface area contributed by atoms with Crippen LogP contribution >= 0.6 is 11.3 Å². The molecule has 0 spiro atoms. The van der Waals surface area contributed by atoms with E-state index in [1.165, 1.54) is 30.8 Å². The molecule has 1 aromatic heterocycles. The summed E-state index contributed by atoms with van der Waals surface area (Å²) in [7, 11) is 0. The Kier molecular flexibility index (Phi) is 3.72. The molecular weight excluding hydrogens is 292 g/mol. The van der Waals surface area contributed by atoms with E-state index < -0.39 is 0 Å². The second kappa shape index (κ2) is 5.86. The number of nitrogens with one attached hydrogen (secondary N) is 1. The minimum absolute atomic E-state index is 0.0668. The number of piperidine rings is 3. The van der Waals surface area contributed by atoms with Crippen molar-refractivity contribution in [2.75, 3.05) is 19.6 Å². The Bertz CT molecular complexity index is 659. The van der Waals surface area contributed by atoms with Gasteiger partial charge in [-0.05, 0) is 61.0 Å². The molecule has 114 valence electrons. The number of rotatable bonds is 3. The summed E-state index contributed by atoms with van der Waals surface area (Å²) in [5.41, 5.74) is 1.89. The van der Waals surface area contributed by atoms with Gasteiger partial charge in [0.05, 0.1) is 0 Å². The topological polar surface area (TPSA) is 32.3 Å². The quantitative estimate of drug-likeness (QED) is 0.943. The van der Waals surface area contributed by atoms with E-state index in [1.807, 2.05) is 24.3 Å². The number of nitrogens with zero attached hydrogens (tertiary/aromatic N) is 1. The van der Waals surface area contributed by atoms with Gasteiger partial charge >= 0.3 is 0 Å². The summed E-state index contributed by atoms with van der Waals surface area (Å²) in [6.07, 6.45) is 2.44. The maximum Gasteiger partial charge on any atom is 0.251 e. The molecule has 4 heteroatoms. The zero-order valence-electron chi connectivity index (χ0n) is 12.5. The lowest BCUT2D eigenvalue weighted by Gasteiger charge is -2.44. The number of thiophene rings is 1. The number of carbonyl (C=O) groups excluding carboxylic acids is 1. The lowest BCUT2D eigenvalue weighted by atomic mass is 9.84. The highest BCUT2D eigenvalue weighted by Gasteiger charge is 2.34. The summed E-state index contributed by atoms with van der Waals surface area (Å²) < 4.78 is 0. The van der Waals surface area contributed by atoms with Crippen LogP contribution in [0.4, 0.5) is 0 Å². The van der Waals surface area contributed by atoms with Gasteiger partial charge in [0.15, 0.2) is 0 Å². The van der Waals surface area contributed by atoms with Crippen LogP contribution in [0.15, 0.2) is 41.8 Å². The van der Waals surface area contributed by atoms with Gasteiger partial charge in [0.1, 0.15) is 0 Å². The van der Waals surface area contributed by atoms with Crippen molar-refractivity contribution in [1.82, 2.24) is 10.2 Å². The normalized spacial score (nSPS) is 26.8.